The number of nitrogens with zero attached hydrogens (tertiary/aromatic N) is 1. The zero-order chi connectivity index (χ0) is 17.1. The molecular formula is C16H19N3O5. The summed E-state index contributed by atoms with van der Waals surface area (Å²) in [4.78, 5) is 37.0. The van der Waals surface area contributed by atoms with Gasteiger partial charge < -0.3 is 25.4 Å². The van der Waals surface area contributed by atoms with Gasteiger partial charge in [-0.1, -0.05) is 6.07 Å². The van der Waals surface area contributed by atoms with E-state index < -0.39 is 17.9 Å². The highest BCUT2D eigenvalue weighted by molar-refractivity contribution is 5.98. The topological polar surface area (TPSA) is 108 Å². The number of rotatable bonds is 4. The van der Waals surface area contributed by atoms with Crippen molar-refractivity contribution in [3.05, 3.63) is 29.8 Å². The van der Waals surface area contributed by atoms with Crippen molar-refractivity contribution in [2.24, 2.45) is 0 Å². The summed E-state index contributed by atoms with van der Waals surface area (Å²) in [5.41, 5.74) is 0.812. The Morgan fingerprint density at radius 1 is 1.25 bits per heavy atom. The van der Waals surface area contributed by atoms with Gasteiger partial charge in [0.1, 0.15) is 0 Å². The number of urea groups is 1. The number of benzene rings is 1. The van der Waals surface area contributed by atoms with Gasteiger partial charge in [0.05, 0.1) is 13.2 Å². The van der Waals surface area contributed by atoms with Gasteiger partial charge >= 0.3 is 12.0 Å². The van der Waals surface area contributed by atoms with Crippen LogP contribution in [0.2, 0.25) is 0 Å². The third kappa shape index (κ3) is 3.83. The predicted octanol–water partition coefficient (Wildman–Crippen LogP) is 0.896. The minimum Gasteiger partial charge on any atom is -0.480 e. The summed E-state index contributed by atoms with van der Waals surface area (Å²) in [6.07, 6.45) is 1.97. The molecule has 8 nitrogen and oxygen atoms in total. The number of hydrogen-bond acceptors (Lipinski definition) is 4. The molecule has 1 unspecified atom stereocenters. The Labute approximate surface area is 138 Å². The Bertz CT molecular complexity index is 659. The molecule has 3 rings (SSSR count). The Hall–Kier alpha value is -2.61. The molecule has 0 bridgehead atoms. The quantitative estimate of drug-likeness (QED) is 0.758. The van der Waals surface area contributed by atoms with Crippen molar-refractivity contribution < 1.29 is 24.2 Å². The zero-order valence-electron chi connectivity index (χ0n) is 13.0. The minimum absolute atomic E-state index is 0.0250. The van der Waals surface area contributed by atoms with E-state index in [0.29, 0.717) is 17.9 Å². The maximum absolute atomic E-state index is 12.6. The lowest BCUT2D eigenvalue weighted by molar-refractivity contribution is -0.147. The van der Waals surface area contributed by atoms with Crippen LogP contribution in [0.4, 0.5) is 10.5 Å². The SMILES string of the molecule is O=C(Nc1cccc(C(=O)N2CCOCC2C(=O)O)c1)NC1CC1. The second-order valence-corrected chi connectivity index (χ2v) is 5.88. The number of nitrogens with one attached hydrogen (secondary N) is 2. The van der Waals surface area contributed by atoms with Gasteiger partial charge in [0.2, 0.25) is 0 Å². The van der Waals surface area contributed by atoms with Gasteiger partial charge in [-0.3, -0.25) is 4.79 Å². The first kappa shape index (κ1) is 16.3. The van der Waals surface area contributed by atoms with Crippen LogP contribution in [0.25, 0.3) is 0 Å². The lowest BCUT2D eigenvalue weighted by Gasteiger charge is -2.32. The Morgan fingerprint density at radius 2 is 2.04 bits per heavy atom. The first-order chi connectivity index (χ1) is 11.5. The highest BCUT2D eigenvalue weighted by Crippen LogP contribution is 2.20. The summed E-state index contributed by atoms with van der Waals surface area (Å²) < 4.78 is 5.14. The smallest absolute Gasteiger partial charge is 0.328 e. The lowest BCUT2D eigenvalue weighted by Crippen LogP contribution is -2.52. The summed E-state index contributed by atoms with van der Waals surface area (Å²) in [5, 5.41) is 14.7. The lowest BCUT2D eigenvalue weighted by atomic mass is 10.1. The summed E-state index contributed by atoms with van der Waals surface area (Å²) in [6.45, 7) is 0.496. The molecule has 3 N–H and O–H groups in total. The van der Waals surface area contributed by atoms with Gasteiger partial charge in [-0.05, 0) is 31.0 Å². The average Bonchev–Trinajstić information content (AvgIpc) is 3.38. The highest BCUT2D eigenvalue weighted by Gasteiger charge is 2.33. The van der Waals surface area contributed by atoms with E-state index in [1.165, 1.54) is 4.90 Å². The monoisotopic (exact) mass is 333 g/mol. The van der Waals surface area contributed by atoms with Crippen molar-refractivity contribution in [3.8, 4) is 0 Å². The number of carboxylic acids is 1. The predicted molar refractivity (Wildman–Crippen MR) is 84.9 cm³/mol. The van der Waals surface area contributed by atoms with Crippen molar-refractivity contribution in [2.75, 3.05) is 25.1 Å². The summed E-state index contributed by atoms with van der Waals surface area (Å²) in [6, 6.07) is 5.40. The fourth-order valence-electron chi connectivity index (χ4n) is 2.53. The van der Waals surface area contributed by atoms with Crippen LogP contribution >= 0.6 is 0 Å². The summed E-state index contributed by atoms with van der Waals surface area (Å²) in [7, 11) is 0. The van der Waals surface area contributed by atoms with Gasteiger partial charge in [-0.2, -0.15) is 0 Å². The van der Waals surface area contributed by atoms with E-state index in [9.17, 15) is 19.5 Å². The van der Waals surface area contributed by atoms with E-state index >= 15 is 0 Å². The molecule has 1 aliphatic heterocycles. The fraction of sp³-hybridized carbons (Fsp3) is 0.438. The minimum atomic E-state index is -1.10. The standard InChI is InChI=1S/C16H19N3O5/c20-14(19-6-7-24-9-13(19)15(21)22)10-2-1-3-12(8-10)18-16(23)17-11-4-5-11/h1-3,8,11,13H,4-7,9H2,(H,21,22)(H2,17,18,23). The second-order valence-electron chi connectivity index (χ2n) is 5.88. The molecule has 2 aliphatic rings. The van der Waals surface area contributed by atoms with Crippen molar-refractivity contribution in [1.29, 1.82) is 0 Å². The van der Waals surface area contributed by atoms with Crippen LogP contribution in [0.5, 0.6) is 0 Å². The van der Waals surface area contributed by atoms with Crippen LogP contribution in [0.3, 0.4) is 0 Å². The number of hydrogen-bond donors (Lipinski definition) is 3. The third-order valence-corrected chi connectivity index (χ3v) is 3.95. The van der Waals surface area contributed by atoms with E-state index in [2.05, 4.69) is 10.6 Å². The molecule has 24 heavy (non-hydrogen) atoms. The van der Waals surface area contributed by atoms with Crippen LogP contribution < -0.4 is 10.6 Å². The molecular weight excluding hydrogens is 314 g/mol. The molecule has 8 heteroatoms. The third-order valence-electron chi connectivity index (χ3n) is 3.95. The molecule has 1 saturated carbocycles. The van der Waals surface area contributed by atoms with Crippen LogP contribution in [0.1, 0.15) is 23.2 Å². The summed E-state index contributed by atoms with van der Waals surface area (Å²) in [5.74, 6) is -1.49. The Kier molecular flexibility index (Phi) is 4.66. The maximum atomic E-state index is 12.6. The van der Waals surface area contributed by atoms with E-state index in [4.69, 9.17) is 4.74 Å². The number of carbonyl (C=O) groups is 3. The molecule has 1 aliphatic carbocycles. The van der Waals surface area contributed by atoms with Crippen LogP contribution in [0.15, 0.2) is 24.3 Å². The molecule has 1 aromatic rings. The van der Waals surface area contributed by atoms with Crippen LogP contribution in [-0.4, -0.2) is 59.8 Å². The first-order valence-electron chi connectivity index (χ1n) is 7.83. The van der Waals surface area contributed by atoms with E-state index in [-0.39, 0.29) is 25.2 Å². The van der Waals surface area contributed by atoms with Crippen molar-refractivity contribution in [1.82, 2.24) is 10.2 Å². The van der Waals surface area contributed by atoms with E-state index in [0.717, 1.165) is 12.8 Å². The number of carboxylic acid groups (broad SMARTS) is 1. The zero-order valence-corrected chi connectivity index (χ0v) is 13.0. The normalized spacial score (nSPS) is 20.3. The molecule has 128 valence electrons. The second kappa shape index (κ2) is 6.88. The number of ether oxygens (including phenoxy) is 1. The Balaban J connectivity index is 1.70. The van der Waals surface area contributed by atoms with Crippen molar-refractivity contribution in [2.45, 2.75) is 24.9 Å². The molecule has 3 amide bonds. The molecule has 1 aromatic carbocycles. The number of carbonyl (C=O) groups excluding carboxylic acids is 2. The molecule has 0 spiro atoms. The van der Waals surface area contributed by atoms with Gasteiger partial charge in [0.15, 0.2) is 6.04 Å². The highest BCUT2D eigenvalue weighted by atomic mass is 16.5. The average molecular weight is 333 g/mol. The Morgan fingerprint density at radius 3 is 2.75 bits per heavy atom. The van der Waals surface area contributed by atoms with Gasteiger partial charge in [0, 0.05) is 23.8 Å². The maximum Gasteiger partial charge on any atom is 0.328 e. The molecule has 1 saturated heterocycles. The number of aliphatic carboxylic acids is 1. The van der Waals surface area contributed by atoms with E-state index in [1.54, 1.807) is 24.3 Å². The number of morpholine rings is 1. The molecule has 1 atom stereocenters. The van der Waals surface area contributed by atoms with Crippen molar-refractivity contribution >= 4 is 23.6 Å². The fourth-order valence-corrected chi connectivity index (χ4v) is 2.53. The summed E-state index contributed by atoms with van der Waals surface area (Å²) >= 11 is 0. The van der Waals surface area contributed by atoms with Crippen molar-refractivity contribution in [3.63, 3.8) is 0 Å². The van der Waals surface area contributed by atoms with Gasteiger partial charge in [-0.15, -0.1) is 0 Å². The van der Waals surface area contributed by atoms with E-state index in [1.807, 2.05) is 0 Å². The molecule has 2 fully saturated rings. The van der Waals surface area contributed by atoms with Crippen LogP contribution in [-0.2, 0) is 9.53 Å². The first-order valence-corrected chi connectivity index (χ1v) is 7.83. The molecule has 0 aromatic heterocycles. The van der Waals surface area contributed by atoms with Gasteiger partial charge in [-0.25, -0.2) is 9.59 Å². The molecule has 0 radical (unpaired) electrons. The molecule has 1 heterocycles. The van der Waals surface area contributed by atoms with Gasteiger partial charge in [0.25, 0.3) is 5.91 Å². The largest absolute Gasteiger partial charge is 0.480 e. The van der Waals surface area contributed by atoms with Crippen LogP contribution in [0, 0.1) is 0 Å². The number of anilines is 1. The number of amides is 3.